The minimum atomic E-state index is -0.736. The van der Waals surface area contributed by atoms with E-state index in [2.05, 4.69) is 9.97 Å². The average Bonchev–Trinajstić information content (AvgIpc) is 2.56. The van der Waals surface area contributed by atoms with Gasteiger partial charge in [-0.25, -0.2) is 9.97 Å². The van der Waals surface area contributed by atoms with E-state index < -0.39 is 5.97 Å². The quantitative estimate of drug-likeness (QED) is 0.937. The molecule has 0 spiro atoms. The second-order valence-corrected chi connectivity index (χ2v) is 5.26. The van der Waals surface area contributed by atoms with Gasteiger partial charge in [-0.1, -0.05) is 30.3 Å². The Balaban J connectivity index is 1.76. The van der Waals surface area contributed by atoms with Crippen molar-refractivity contribution in [3.8, 4) is 11.1 Å². The number of aliphatic carboxylic acids is 1. The van der Waals surface area contributed by atoms with Gasteiger partial charge in [0.1, 0.15) is 0 Å². The maximum Gasteiger partial charge on any atom is 0.308 e. The topological polar surface area (TPSA) is 66.3 Å². The molecule has 3 rings (SSSR count). The number of aromatic nitrogens is 2. The van der Waals surface area contributed by atoms with E-state index in [1.54, 1.807) is 12.4 Å². The van der Waals surface area contributed by atoms with Crippen molar-refractivity contribution in [2.24, 2.45) is 5.92 Å². The van der Waals surface area contributed by atoms with Gasteiger partial charge in [0.2, 0.25) is 5.95 Å². The smallest absolute Gasteiger partial charge is 0.308 e. The fourth-order valence-corrected chi connectivity index (χ4v) is 2.62. The van der Waals surface area contributed by atoms with E-state index in [4.69, 9.17) is 5.11 Å². The molecule has 1 saturated heterocycles. The number of benzene rings is 1. The molecule has 1 aliphatic rings. The Bertz CT molecular complexity index is 613. The second kappa shape index (κ2) is 5.91. The van der Waals surface area contributed by atoms with Gasteiger partial charge in [-0.05, 0) is 18.4 Å². The highest BCUT2D eigenvalue weighted by molar-refractivity contribution is 5.71. The Morgan fingerprint density at radius 2 is 1.86 bits per heavy atom. The van der Waals surface area contributed by atoms with Crippen molar-refractivity contribution >= 4 is 11.9 Å². The third-order valence-electron chi connectivity index (χ3n) is 3.80. The SMILES string of the molecule is O=C(O)C1CCCN(c2ncc(-c3ccccc3)cn2)C1. The number of carbonyl (C=O) groups is 1. The van der Waals surface area contributed by atoms with Crippen molar-refractivity contribution in [3.05, 3.63) is 42.7 Å². The molecule has 21 heavy (non-hydrogen) atoms. The minimum absolute atomic E-state index is 0.323. The van der Waals surface area contributed by atoms with Gasteiger partial charge in [-0.2, -0.15) is 0 Å². The Morgan fingerprint density at radius 1 is 1.14 bits per heavy atom. The molecule has 1 N–H and O–H groups in total. The third-order valence-corrected chi connectivity index (χ3v) is 3.80. The molecule has 1 aromatic carbocycles. The summed E-state index contributed by atoms with van der Waals surface area (Å²) in [6, 6.07) is 9.95. The molecule has 1 unspecified atom stereocenters. The van der Waals surface area contributed by atoms with Crippen LogP contribution in [0.25, 0.3) is 11.1 Å². The van der Waals surface area contributed by atoms with Gasteiger partial charge in [0.05, 0.1) is 5.92 Å². The van der Waals surface area contributed by atoms with Crippen LogP contribution in [-0.2, 0) is 4.79 Å². The third kappa shape index (κ3) is 3.02. The van der Waals surface area contributed by atoms with Gasteiger partial charge in [-0.15, -0.1) is 0 Å². The first-order valence-electron chi connectivity index (χ1n) is 7.09. The first-order valence-corrected chi connectivity index (χ1v) is 7.09. The Morgan fingerprint density at radius 3 is 2.52 bits per heavy atom. The van der Waals surface area contributed by atoms with Crippen LogP contribution in [0.15, 0.2) is 42.7 Å². The van der Waals surface area contributed by atoms with E-state index >= 15 is 0 Å². The maximum atomic E-state index is 11.1. The molecular weight excluding hydrogens is 266 g/mol. The van der Waals surface area contributed by atoms with Gasteiger partial charge in [0.25, 0.3) is 0 Å². The van der Waals surface area contributed by atoms with Crippen molar-refractivity contribution in [3.63, 3.8) is 0 Å². The number of nitrogens with zero attached hydrogens (tertiary/aromatic N) is 3. The zero-order valence-corrected chi connectivity index (χ0v) is 11.6. The summed E-state index contributed by atoms with van der Waals surface area (Å²) >= 11 is 0. The largest absolute Gasteiger partial charge is 0.481 e. The number of hydrogen-bond acceptors (Lipinski definition) is 4. The van der Waals surface area contributed by atoms with Crippen molar-refractivity contribution in [1.29, 1.82) is 0 Å². The molecular formula is C16H17N3O2. The van der Waals surface area contributed by atoms with Crippen molar-refractivity contribution in [1.82, 2.24) is 9.97 Å². The van der Waals surface area contributed by atoms with E-state index in [0.29, 0.717) is 12.5 Å². The Labute approximate surface area is 123 Å². The predicted molar refractivity (Wildman–Crippen MR) is 80.0 cm³/mol. The molecule has 5 nitrogen and oxygen atoms in total. The molecule has 1 aliphatic heterocycles. The molecule has 0 saturated carbocycles. The van der Waals surface area contributed by atoms with Gasteiger partial charge in [0.15, 0.2) is 0 Å². The van der Waals surface area contributed by atoms with Gasteiger partial charge >= 0.3 is 5.97 Å². The van der Waals surface area contributed by atoms with Gasteiger partial charge in [-0.3, -0.25) is 4.79 Å². The minimum Gasteiger partial charge on any atom is -0.481 e. The molecule has 1 aromatic heterocycles. The van der Waals surface area contributed by atoms with Crippen molar-refractivity contribution in [2.75, 3.05) is 18.0 Å². The van der Waals surface area contributed by atoms with Gasteiger partial charge < -0.3 is 10.0 Å². The monoisotopic (exact) mass is 283 g/mol. The molecule has 1 atom stereocenters. The van der Waals surface area contributed by atoms with Crippen molar-refractivity contribution < 1.29 is 9.90 Å². The summed E-state index contributed by atoms with van der Waals surface area (Å²) in [6.07, 6.45) is 5.18. The van der Waals surface area contributed by atoms with E-state index in [0.717, 1.165) is 30.5 Å². The molecule has 5 heteroatoms. The van der Waals surface area contributed by atoms with Crippen LogP contribution >= 0.6 is 0 Å². The molecule has 2 aromatic rings. The molecule has 0 bridgehead atoms. The fraction of sp³-hybridized carbons (Fsp3) is 0.312. The molecule has 1 fully saturated rings. The van der Waals surface area contributed by atoms with Crippen LogP contribution in [0.3, 0.4) is 0 Å². The lowest BCUT2D eigenvalue weighted by molar-refractivity contribution is -0.141. The summed E-state index contributed by atoms with van der Waals surface area (Å²) in [4.78, 5) is 21.8. The van der Waals surface area contributed by atoms with Crippen LogP contribution in [0.2, 0.25) is 0 Å². The summed E-state index contributed by atoms with van der Waals surface area (Å²) in [5, 5.41) is 9.13. The molecule has 0 amide bonds. The van der Waals surface area contributed by atoms with Crippen LogP contribution < -0.4 is 4.90 Å². The van der Waals surface area contributed by atoms with Crippen LogP contribution in [-0.4, -0.2) is 34.1 Å². The number of anilines is 1. The zero-order valence-electron chi connectivity index (χ0n) is 11.6. The standard InChI is InChI=1S/C16H17N3O2/c20-15(21)13-7-4-8-19(11-13)16-17-9-14(10-18-16)12-5-2-1-3-6-12/h1-3,5-6,9-10,13H,4,7-8,11H2,(H,20,21). The molecule has 0 radical (unpaired) electrons. The van der Waals surface area contributed by atoms with E-state index in [1.807, 2.05) is 35.2 Å². The lowest BCUT2D eigenvalue weighted by Crippen LogP contribution is -2.39. The normalized spacial score (nSPS) is 18.5. The summed E-state index contributed by atoms with van der Waals surface area (Å²) in [6.45, 7) is 1.30. The highest BCUT2D eigenvalue weighted by atomic mass is 16.4. The zero-order chi connectivity index (χ0) is 14.7. The predicted octanol–water partition coefficient (Wildman–Crippen LogP) is 2.44. The van der Waals surface area contributed by atoms with E-state index in [-0.39, 0.29) is 5.92 Å². The summed E-state index contributed by atoms with van der Waals surface area (Å²) in [5.74, 6) is -0.447. The van der Waals surface area contributed by atoms with E-state index in [9.17, 15) is 4.79 Å². The summed E-state index contributed by atoms with van der Waals surface area (Å²) in [5.41, 5.74) is 2.04. The highest BCUT2D eigenvalue weighted by Gasteiger charge is 2.26. The summed E-state index contributed by atoms with van der Waals surface area (Å²) in [7, 11) is 0. The lowest BCUT2D eigenvalue weighted by atomic mass is 9.99. The molecule has 108 valence electrons. The summed E-state index contributed by atoms with van der Waals surface area (Å²) < 4.78 is 0. The average molecular weight is 283 g/mol. The number of rotatable bonds is 3. The number of hydrogen-bond donors (Lipinski definition) is 1. The van der Waals surface area contributed by atoms with E-state index in [1.165, 1.54) is 0 Å². The first kappa shape index (κ1) is 13.5. The maximum absolute atomic E-state index is 11.1. The van der Waals surface area contributed by atoms with Crippen LogP contribution in [0.1, 0.15) is 12.8 Å². The molecule has 2 heterocycles. The van der Waals surface area contributed by atoms with Crippen LogP contribution in [0, 0.1) is 5.92 Å². The Hall–Kier alpha value is -2.43. The number of carboxylic acid groups (broad SMARTS) is 1. The molecule has 0 aliphatic carbocycles. The number of carboxylic acids is 1. The van der Waals surface area contributed by atoms with Gasteiger partial charge in [0, 0.05) is 31.0 Å². The van der Waals surface area contributed by atoms with Crippen LogP contribution in [0.4, 0.5) is 5.95 Å². The van der Waals surface area contributed by atoms with Crippen molar-refractivity contribution in [2.45, 2.75) is 12.8 Å². The number of piperidine rings is 1. The lowest BCUT2D eigenvalue weighted by Gasteiger charge is -2.30. The first-order chi connectivity index (χ1) is 10.2. The second-order valence-electron chi connectivity index (χ2n) is 5.26. The fourth-order valence-electron chi connectivity index (χ4n) is 2.62. The Kier molecular flexibility index (Phi) is 3.81. The highest BCUT2D eigenvalue weighted by Crippen LogP contribution is 2.22. The van der Waals surface area contributed by atoms with Crippen LogP contribution in [0.5, 0.6) is 0 Å².